The van der Waals surface area contributed by atoms with Crippen LogP contribution in [0, 0.1) is 17.8 Å². The predicted octanol–water partition coefficient (Wildman–Crippen LogP) is 3.41. The molecule has 0 aromatic heterocycles. The number of aliphatic hydroxyl groups excluding tert-OH is 1. The monoisotopic (exact) mass is 537 g/mol. The van der Waals surface area contributed by atoms with Crippen molar-refractivity contribution in [3.63, 3.8) is 0 Å². The second-order valence-corrected chi connectivity index (χ2v) is 11.3. The highest BCUT2D eigenvalue weighted by Gasteiger charge is 2.75. The molecule has 3 heterocycles. The van der Waals surface area contributed by atoms with Gasteiger partial charge < -0.3 is 24.5 Å². The number of benzene rings is 1. The number of amides is 3. The van der Waals surface area contributed by atoms with Crippen molar-refractivity contribution in [2.24, 2.45) is 17.8 Å². The van der Waals surface area contributed by atoms with Gasteiger partial charge in [0.05, 0.1) is 30.6 Å². The molecule has 1 N–H and O–H groups in total. The fourth-order valence-corrected chi connectivity index (χ4v) is 6.84. The number of hydrogen-bond acceptors (Lipinski definition) is 5. The molecule has 3 fully saturated rings. The highest BCUT2D eigenvalue weighted by atomic mass is 16.5. The van der Waals surface area contributed by atoms with Crippen LogP contribution in [0.3, 0.4) is 0 Å². The van der Waals surface area contributed by atoms with E-state index < -0.39 is 35.6 Å². The molecule has 1 aromatic carbocycles. The maximum Gasteiger partial charge on any atom is 0.248 e. The van der Waals surface area contributed by atoms with Crippen molar-refractivity contribution in [3.05, 3.63) is 55.6 Å². The van der Waals surface area contributed by atoms with Crippen LogP contribution in [0.2, 0.25) is 0 Å². The van der Waals surface area contributed by atoms with Crippen LogP contribution in [0.1, 0.15) is 46.5 Å². The Balaban J connectivity index is 1.78. The second-order valence-electron chi connectivity index (χ2n) is 11.3. The summed E-state index contributed by atoms with van der Waals surface area (Å²) in [6.07, 6.45) is 5.77. The molecular formula is C31H43N3O5. The normalized spacial score (nSPS) is 27.9. The van der Waals surface area contributed by atoms with Crippen molar-refractivity contribution >= 4 is 23.4 Å². The fourth-order valence-electron chi connectivity index (χ4n) is 6.84. The predicted molar refractivity (Wildman–Crippen MR) is 151 cm³/mol. The molecule has 0 saturated carbocycles. The average molecular weight is 538 g/mol. The number of hydrogen-bond donors (Lipinski definition) is 1. The molecule has 8 heteroatoms. The van der Waals surface area contributed by atoms with Gasteiger partial charge in [-0.25, -0.2) is 0 Å². The Bertz CT molecular complexity index is 1080. The van der Waals surface area contributed by atoms with Gasteiger partial charge in [-0.1, -0.05) is 57.5 Å². The summed E-state index contributed by atoms with van der Waals surface area (Å²) < 4.78 is 6.63. The summed E-state index contributed by atoms with van der Waals surface area (Å²) in [5.74, 6) is -2.28. The standard InChI is InChI=1S/C31H43N3O5/c1-6-9-19-32(17-7-2)30(38)27-31-16-15-24(39-31)25(26(31)29(37)34(27)23(20-35)21(4)5)28(36)33(18-8-3)22-13-11-10-12-14-22/h7-8,10-14,21,23-27,35H,2-3,6,9,15-20H2,1,4-5H3/t23-,24+,25-,26-,27?,31?/m0/s1. The first-order valence-electron chi connectivity index (χ1n) is 14.2. The number of carbonyl (C=O) groups excluding carboxylic acids is 3. The van der Waals surface area contributed by atoms with E-state index >= 15 is 0 Å². The molecule has 6 atom stereocenters. The Morgan fingerprint density at radius 1 is 1.18 bits per heavy atom. The number of rotatable bonds is 13. The van der Waals surface area contributed by atoms with E-state index in [-0.39, 0.29) is 30.2 Å². The zero-order valence-corrected chi connectivity index (χ0v) is 23.5. The lowest BCUT2D eigenvalue weighted by atomic mass is 9.70. The summed E-state index contributed by atoms with van der Waals surface area (Å²) >= 11 is 0. The van der Waals surface area contributed by atoms with Crippen LogP contribution < -0.4 is 4.90 Å². The first-order valence-corrected chi connectivity index (χ1v) is 14.2. The van der Waals surface area contributed by atoms with E-state index in [2.05, 4.69) is 20.1 Å². The highest BCUT2D eigenvalue weighted by molar-refractivity contribution is 6.03. The Labute approximate surface area is 232 Å². The Morgan fingerprint density at radius 3 is 2.46 bits per heavy atom. The second kappa shape index (κ2) is 12.0. The van der Waals surface area contributed by atoms with E-state index in [1.165, 1.54) is 0 Å². The molecule has 1 aromatic rings. The Kier molecular flexibility index (Phi) is 8.96. The van der Waals surface area contributed by atoms with Crippen molar-refractivity contribution in [2.45, 2.75) is 70.2 Å². The van der Waals surface area contributed by atoms with Gasteiger partial charge in [0.25, 0.3) is 0 Å². The Hall–Kier alpha value is -2.97. The van der Waals surface area contributed by atoms with Crippen molar-refractivity contribution < 1.29 is 24.2 Å². The van der Waals surface area contributed by atoms with E-state index in [0.717, 1.165) is 18.5 Å². The van der Waals surface area contributed by atoms with Gasteiger partial charge in [0.1, 0.15) is 11.6 Å². The number of likely N-dealkylation sites (tertiary alicyclic amines) is 1. The highest BCUT2D eigenvalue weighted by Crippen LogP contribution is 2.59. The molecule has 2 bridgehead atoms. The Morgan fingerprint density at radius 2 is 1.87 bits per heavy atom. The van der Waals surface area contributed by atoms with E-state index in [1.807, 2.05) is 44.2 Å². The third kappa shape index (κ3) is 4.93. The molecule has 2 unspecified atom stereocenters. The average Bonchev–Trinajstić information content (AvgIpc) is 3.57. The van der Waals surface area contributed by atoms with Crippen LogP contribution in [0.5, 0.6) is 0 Å². The largest absolute Gasteiger partial charge is 0.394 e. The third-order valence-electron chi connectivity index (χ3n) is 8.66. The molecule has 212 valence electrons. The fraction of sp³-hybridized carbons (Fsp3) is 0.581. The maximum absolute atomic E-state index is 14.4. The van der Waals surface area contributed by atoms with Gasteiger partial charge in [0, 0.05) is 25.3 Å². The van der Waals surface area contributed by atoms with E-state index in [4.69, 9.17) is 4.74 Å². The van der Waals surface area contributed by atoms with Crippen LogP contribution in [0.15, 0.2) is 55.6 Å². The SMILES string of the molecule is C=CCN(CCCC)C(=O)C1N([C@@H](CO)C(C)C)C(=O)[C@@H]2[C@@H](C(=O)N(CC=C)c3ccccc3)[C@H]3CCC12O3. The minimum atomic E-state index is -1.11. The van der Waals surface area contributed by atoms with Gasteiger partial charge in [-0.15, -0.1) is 13.2 Å². The number of anilines is 1. The summed E-state index contributed by atoms with van der Waals surface area (Å²) in [6.45, 7) is 14.5. The molecule has 3 amide bonds. The molecule has 0 radical (unpaired) electrons. The van der Waals surface area contributed by atoms with Crippen molar-refractivity contribution in [2.75, 3.05) is 31.1 Å². The lowest BCUT2D eigenvalue weighted by Crippen LogP contribution is -2.59. The van der Waals surface area contributed by atoms with Crippen LogP contribution >= 0.6 is 0 Å². The van der Waals surface area contributed by atoms with Gasteiger partial charge in [-0.2, -0.15) is 0 Å². The summed E-state index contributed by atoms with van der Waals surface area (Å²) in [6, 6.07) is 7.88. The number of carbonyl (C=O) groups is 3. The van der Waals surface area contributed by atoms with Crippen molar-refractivity contribution in [3.8, 4) is 0 Å². The first-order chi connectivity index (χ1) is 18.8. The van der Waals surface area contributed by atoms with Gasteiger partial charge in [0.15, 0.2) is 0 Å². The van der Waals surface area contributed by atoms with Crippen molar-refractivity contribution in [1.29, 1.82) is 0 Å². The molecule has 3 aliphatic rings. The molecule has 39 heavy (non-hydrogen) atoms. The topological polar surface area (TPSA) is 90.4 Å². The third-order valence-corrected chi connectivity index (χ3v) is 8.66. The molecular weight excluding hydrogens is 494 g/mol. The van der Waals surface area contributed by atoms with Gasteiger partial charge in [-0.3, -0.25) is 14.4 Å². The molecule has 8 nitrogen and oxygen atoms in total. The molecule has 0 aliphatic carbocycles. The smallest absolute Gasteiger partial charge is 0.248 e. The van der Waals surface area contributed by atoms with Crippen LogP contribution in [0.4, 0.5) is 5.69 Å². The maximum atomic E-state index is 14.4. The van der Waals surface area contributed by atoms with E-state index in [9.17, 15) is 19.5 Å². The minimum absolute atomic E-state index is 0.0964. The number of nitrogens with zero attached hydrogens (tertiary/aromatic N) is 3. The van der Waals surface area contributed by atoms with Crippen LogP contribution in [-0.4, -0.2) is 82.7 Å². The minimum Gasteiger partial charge on any atom is -0.394 e. The lowest BCUT2D eigenvalue weighted by molar-refractivity contribution is -0.152. The van der Waals surface area contributed by atoms with Crippen molar-refractivity contribution in [1.82, 2.24) is 9.80 Å². The van der Waals surface area contributed by atoms with Gasteiger partial charge in [-0.05, 0) is 37.3 Å². The van der Waals surface area contributed by atoms with E-state index in [1.54, 1.807) is 26.9 Å². The summed E-state index contributed by atoms with van der Waals surface area (Å²) in [4.78, 5) is 47.9. The number of ether oxygens (including phenoxy) is 1. The first kappa shape index (κ1) is 29.0. The summed E-state index contributed by atoms with van der Waals surface area (Å²) in [5, 5.41) is 10.4. The van der Waals surface area contributed by atoms with Gasteiger partial charge >= 0.3 is 0 Å². The number of para-hydroxylation sites is 1. The zero-order valence-electron chi connectivity index (χ0n) is 23.5. The number of unbranched alkanes of at least 4 members (excludes halogenated alkanes) is 1. The summed E-state index contributed by atoms with van der Waals surface area (Å²) in [5.41, 5.74) is -0.384. The number of fused-ring (bicyclic) bond motifs is 1. The van der Waals surface area contributed by atoms with Crippen LogP contribution in [0.25, 0.3) is 0 Å². The quantitative estimate of drug-likeness (QED) is 0.390. The molecule has 3 aliphatic heterocycles. The number of aliphatic hydroxyl groups is 1. The molecule has 4 rings (SSSR count). The van der Waals surface area contributed by atoms with Crippen LogP contribution in [-0.2, 0) is 19.1 Å². The van der Waals surface area contributed by atoms with E-state index in [0.29, 0.717) is 32.5 Å². The zero-order chi connectivity index (χ0) is 28.3. The van der Waals surface area contributed by atoms with Gasteiger partial charge in [0.2, 0.25) is 17.7 Å². The molecule has 1 spiro atoms. The lowest BCUT2D eigenvalue weighted by Gasteiger charge is -2.40. The summed E-state index contributed by atoms with van der Waals surface area (Å²) in [7, 11) is 0. The molecule has 3 saturated heterocycles.